The summed E-state index contributed by atoms with van der Waals surface area (Å²) >= 11 is 0. The van der Waals surface area contributed by atoms with Gasteiger partial charge >= 0.3 is 0 Å². The van der Waals surface area contributed by atoms with Crippen molar-refractivity contribution in [3.63, 3.8) is 0 Å². The molecule has 1 saturated carbocycles. The number of hydrogen-bond acceptors (Lipinski definition) is 5. The van der Waals surface area contributed by atoms with Crippen molar-refractivity contribution in [2.75, 3.05) is 13.2 Å². The topological polar surface area (TPSA) is 88.2 Å². The Balaban J connectivity index is 1.69. The molecule has 3 rings (SSSR count). The Labute approximate surface area is 124 Å². The number of epoxide rings is 1. The Hall–Kier alpha value is -1.15. The lowest BCUT2D eigenvalue weighted by molar-refractivity contribution is 0.159. The second-order valence-corrected chi connectivity index (χ2v) is 7.18. The molecule has 0 bridgehead atoms. The second kappa shape index (κ2) is 5.92. The summed E-state index contributed by atoms with van der Waals surface area (Å²) in [7, 11) is -3.64. The molecule has 0 radical (unpaired) electrons. The summed E-state index contributed by atoms with van der Waals surface area (Å²) in [4.78, 5) is 0.149. The van der Waals surface area contributed by atoms with Gasteiger partial charge in [0.2, 0.25) is 10.0 Å². The first-order valence-electron chi connectivity index (χ1n) is 7.09. The van der Waals surface area contributed by atoms with Gasteiger partial charge in [0, 0.05) is 12.1 Å². The maximum Gasteiger partial charge on any atom is 0.241 e. The van der Waals surface area contributed by atoms with Gasteiger partial charge < -0.3 is 14.6 Å². The molecule has 7 heteroatoms. The quantitative estimate of drug-likeness (QED) is 0.753. The minimum absolute atomic E-state index is 0.122. The summed E-state index contributed by atoms with van der Waals surface area (Å²) in [6.07, 6.45) is 1.65. The zero-order valence-electron chi connectivity index (χ0n) is 11.6. The van der Waals surface area contributed by atoms with E-state index in [1.165, 1.54) is 12.1 Å². The highest BCUT2D eigenvalue weighted by Crippen LogP contribution is 2.23. The number of ether oxygens (including phenoxy) is 2. The summed E-state index contributed by atoms with van der Waals surface area (Å²) < 4.78 is 37.8. The predicted molar refractivity (Wildman–Crippen MR) is 75.6 cm³/mol. The fourth-order valence-corrected chi connectivity index (χ4v) is 3.77. The molecule has 2 aliphatic rings. The monoisotopic (exact) mass is 313 g/mol. The molecule has 1 heterocycles. The van der Waals surface area contributed by atoms with Crippen molar-refractivity contribution in [2.24, 2.45) is 0 Å². The largest absolute Gasteiger partial charge is 0.491 e. The lowest BCUT2D eigenvalue weighted by Gasteiger charge is -2.17. The van der Waals surface area contributed by atoms with Crippen LogP contribution >= 0.6 is 0 Å². The van der Waals surface area contributed by atoms with Gasteiger partial charge in [0.1, 0.15) is 18.5 Å². The van der Waals surface area contributed by atoms with Crippen LogP contribution in [0.5, 0.6) is 5.75 Å². The Morgan fingerprint density at radius 3 is 2.86 bits per heavy atom. The second-order valence-electron chi connectivity index (χ2n) is 5.47. The first-order chi connectivity index (χ1) is 10.0. The lowest BCUT2D eigenvalue weighted by atomic mass is 10.2. The number of benzene rings is 1. The van der Waals surface area contributed by atoms with E-state index in [0.29, 0.717) is 31.8 Å². The first kappa shape index (κ1) is 14.8. The third-order valence-electron chi connectivity index (χ3n) is 3.74. The van der Waals surface area contributed by atoms with Gasteiger partial charge in [0.05, 0.1) is 17.6 Å². The zero-order chi connectivity index (χ0) is 14.9. The van der Waals surface area contributed by atoms with Crippen LogP contribution in [0, 0.1) is 0 Å². The van der Waals surface area contributed by atoms with Gasteiger partial charge in [-0.25, -0.2) is 13.1 Å². The van der Waals surface area contributed by atoms with E-state index in [2.05, 4.69) is 4.72 Å². The number of rotatable bonds is 6. The highest BCUT2D eigenvalue weighted by atomic mass is 32.2. The van der Waals surface area contributed by atoms with Crippen molar-refractivity contribution >= 4 is 10.0 Å². The third-order valence-corrected chi connectivity index (χ3v) is 5.23. The number of nitrogens with one attached hydrogen (secondary N) is 1. The van der Waals surface area contributed by atoms with Gasteiger partial charge in [-0.15, -0.1) is 0 Å². The van der Waals surface area contributed by atoms with Crippen molar-refractivity contribution in [3.05, 3.63) is 24.3 Å². The van der Waals surface area contributed by atoms with Crippen LogP contribution in [0.25, 0.3) is 0 Å². The molecule has 6 nitrogen and oxygen atoms in total. The molecule has 1 unspecified atom stereocenters. The standard InChI is InChI=1S/C14H19NO5S/c16-14-6-2-5-13(14)15-21(17,18)12-4-1-3-10(7-12)19-8-11-9-20-11/h1,3-4,7,11,13-16H,2,5-6,8-9H2/t11?,13-,14+/m1/s1. The number of aliphatic hydroxyl groups excluding tert-OH is 1. The minimum Gasteiger partial charge on any atom is -0.491 e. The van der Waals surface area contributed by atoms with Crippen LogP contribution in [-0.4, -0.2) is 45.0 Å². The summed E-state index contributed by atoms with van der Waals surface area (Å²) in [6, 6.07) is 5.96. The molecule has 2 fully saturated rings. The molecule has 0 spiro atoms. The normalized spacial score (nSPS) is 28.5. The van der Waals surface area contributed by atoms with E-state index in [4.69, 9.17) is 9.47 Å². The molecule has 1 aliphatic heterocycles. The summed E-state index contributed by atoms with van der Waals surface area (Å²) in [6.45, 7) is 1.12. The van der Waals surface area contributed by atoms with Gasteiger partial charge in [-0.05, 0) is 31.4 Å². The van der Waals surface area contributed by atoms with Crippen LogP contribution in [0.3, 0.4) is 0 Å². The number of hydrogen-bond donors (Lipinski definition) is 2. The Bertz CT molecular complexity index is 599. The molecular weight excluding hydrogens is 294 g/mol. The van der Waals surface area contributed by atoms with Gasteiger partial charge in [-0.1, -0.05) is 6.07 Å². The molecule has 3 atom stereocenters. The average molecular weight is 313 g/mol. The van der Waals surface area contributed by atoms with Crippen LogP contribution in [0.15, 0.2) is 29.2 Å². The maximum atomic E-state index is 12.3. The maximum absolute atomic E-state index is 12.3. The van der Waals surface area contributed by atoms with Crippen LogP contribution in [0.4, 0.5) is 0 Å². The van der Waals surface area contributed by atoms with Crippen molar-refractivity contribution in [1.82, 2.24) is 4.72 Å². The fraction of sp³-hybridized carbons (Fsp3) is 0.571. The van der Waals surface area contributed by atoms with Crippen LogP contribution in [0.1, 0.15) is 19.3 Å². The summed E-state index contributed by atoms with van der Waals surface area (Å²) in [5.41, 5.74) is 0. The molecule has 0 aromatic heterocycles. The SMILES string of the molecule is O=S(=O)(N[C@@H]1CCC[C@@H]1O)c1cccc(OCC2CO2)c1. The molecule has 1 aliphatic carbocycles. The molecule has 0 amide bonds. The Kier molecular flexibility index (Phi) is 4.17. The zero-order valence-corrected chi connectivity index (χ0v) is 12.4. The van der Waals surface area contributed by atoms with Crippen LogP contribution < -0.4 is 9.46 Å². The van der Waals surface area contributed by atoms with E-state index in [-0.39, 0.29) is 11.0 Å². The summed E-state index contributed by atoms with van der Waals surface area (Å²) in [5.74, 6) is 0.500. The number of aliphatic hydroxyl groups is 1. The van der Waals surface area contributed by atoms with E-state index in [1.807, 2.05) is 0 Å². The minimum atomic E-state index is -3.64. The van der Waals surface area contributed by atoms with Gasteiger partial charge in [-0.2, -0.15) is 0 Å². The highest BCUT2D eigenvalue weighted by molar-refractivity contribution is 7.89. The Morgan fingerprint density at radius 2 is 2.19 bits per heavy atom. The molecule has 21 heavy (non-hydrogen) atoms. The Morgan fingerprint density at radius 1 is 1.38 bits per heavy atom. The van der Waals surface area contributed by atoms with Crippen LogP contribution in [-0.2, 0) is 14.8 Å². The van der Waals surface area contributed by atoms with Gasteiger partial charge in [-0.3, -0.25) is 0 Å². The van der Waals surface area contributed by atoms with E-state index in [9.17, 15) is 13.5 Å². The lowest BCUT2D eigenvalue weighted by Crippen LogP contribution is -2.39. The average Bonchev–Trinajstić information content (AvgIpc) is 3.21. The van der Waals surface area contributed by atoms with Crippen molar-refractivity contribution < 1.29 is 23.0 Å². The van der Waals surface area contributed by atoms with E-state index < -0.39 is 22.2 Å². The third kappa shape index (κ3) is 3.74. The fourth-order valence-electron chi connectivity index (χ4n) is 2.43. The van der Waals surface area contributed by atoms with E-state index >= 15 is 0 Å². The molecular formula is C14H19NO5S. The molecule has 116 valence electrons. The van der Waals surface area contributed by atoms with Crippen LogP contribution in [0.2, 0.25) is 0 Å². The van der Waals surface area contributed by atoms with Gasteiger partial charge in [0.15, 0.2) is 0 Å². The summed E-state index contributed by atoms with van der Waals surface area (Å²) in [5, 5.41) is 9.74. The molecule has 1 saturated heterocycles. The van der Waals surface area contributed by atoms with Crippen molar-refractivity contribution in [2.45, 2.75) is 42.4 Å². The van der Waals surface area contributed by atoms with Crippen molar-refractivity contribution in [1.29, 1.82) is 0 Å². The number of sulfonamides is 1. The predicted octanol–water partition coefficient (Wildman–Crippen LogP) is 0.656. The van der Waals surface area contributed by atoms with Gasteiger partial charge in [0.25, 0.3) is 0 Å². The van der Waals surface area contributed by atoms with E-state index in [1.54, 1.807) is 12.1 Å². The first-order valence-corrected chi connectivity index (χ1v) is 8.58. The van der Waals surface area contributed by atoms with E-state index in [0.717, 1.165) is 6.42 Å². The molecule has 1 aromatic carbocycles. The molecule has 2 N–H and O–H groups in total. The molecule has 1 aromatic rings. The van der Waals surface area contributed by atoms with Crippen molar-refractivity contribution in [3.8, 4) is 5.75 Å². The smallest absolute Gasteiger partial charge is 0.241 e. The highest BCUT2D eigenvalue weighted by Gasteiger charge is 2.30.